The first-order chi connectivity index (χ1) is 5.29. The van der Waals surface area contributed by atoms with Gasteiger partial charge in [0.25, 0.3) is 0 Å². The molecular formula is C9H12NO. The van der Waals surface area contributed by atoms with Gasteiger partial charge in [-0.3, -0.25) is 0 Å². The van der Waals surface area contributed by atoms with Crippen LogP contribution < -0.4 is 5.32 Å². The van der Waals surface area contributed by atoms with Crippen LogP contribution in [0.2, 0.25) is 0 Å². The van der Waals surface area contributed by atoms with Crippen molar-refractivity contribution in [3.8, 4) is 0 Å². The van der Waals surface area contributed by atoms with E-state index in [-0.39, 0.29) is 0 Å². The summed E-state index contributed by atoms with van der Waals surface area (Å²) >= 11 is 0. The van der Waals surface area contributed by atoms with Crippen molar-refractivity contribution in [3.05, 3.63) is 37.3 Å². The van der Waals surface area contributed by atoms with E-state index in [0.717, 1.165) is 5.69 Å². The van der Waals surface area contributed by atoms with Gasteiger partial charge >= 0.3 is 0 Å². The van der Waals surface area contributed by atoms with Gasteiger partial charge in [-0.25, -0.2) is 0 Å². The highest BCUT2D eigenvalue weighted by atomic mass is 16.3. The van der Waals surface area contributed by atoms with Crippen LogP contribution in [0.15, 0.2) is 30.3 Å². The molecule has 0 amide bonds. The third kappa shape index (κ3) is 3.05. The van der Waals surface area contributed by atoms with E-state index in [2.05, 4.69) is 12.2 Å². The Morgan fingerprint density at radius 2 is 2.00 bits per heavy atom. The third-order valence-electron chi connectivity index (χ3n) is 1.32. The Morgan fingerprint density at radius 3 is 2.55 bits per heavy atom. The van der Waals surface area contributed by atoms with E-state index in [1.807, 2.05) is 30.3 Å². The van der Waals surface area contributed by atoms with E-state index in [1.54, 1.807) is 0 Å². The van der Waals surface area contributed by atoms with E-state index in [4.69, 9.17) is 5.11 Å². The molecule has 11 heavy (non-hydrogen) atoms. The number of benzene rings is 1. The van der Waals surface area contributed by atoms with E-state index in [0.29, 0.717) is 6.54 Å². The van der Waals surface area contributed by atoms with Crippen LogP contribution in [-0.2, 0) is 0 Å². The summed E-state index contributed by atoms with van der Waals surface area (Å²) in [6, 6.07) is 9.73. The molecule has 0 bridgehead atoms. The van der Waals surface area contributed by atoms with E-state index >= 15 is 0 Å². The number of para-hydroxylation sites is 1. The number of aliphatic hydroxyl groups is 1. The molecule has 0 saturated carbocycles. The van der Waals surface area contributed by atoms with Crippen molar-refractivity contribution < 1.29 is 5.11 Å². The summed E-state index contributed by atoms with van der Waals surface area (Å²) in [5, 5.41) is 11.9. The van der Waals surface area contributed by atoms with Gasteiger partial charge in [-0.1, -0.05) is 18.2 Å². The molecule has 0 aliphatic carbocycles. The molecule has 0 spiro atoms. The summed E-state index contributed by atoms with van der Waals surface area (Å²) in [5.74, 6) is 0. The second kappa shape index (κ2) is 3.98. The molecule has 1 atom stereocenters. The van der Waals surface area contributed by atoms with Gasteiger partial charge in [-0.15, -0.1) is 0 Å². The fraction of sp³-hybridized carbons (Fsp3) is 0.222. The van der Waals surface area contributed by atoms with Crippen LogP contribution in [0, 0.1) is 6.92 Å². The highest BCUT2D eigenvalue weighted by molar-refractivity contribution is 5.42. The average Bonchev–Trinajstić information content (AvgIpc) is 2.03. The molecule has 59 valence electrons. The zero-order chi connectivity index (χ0) is 8.10. The van der Waals surface area contributed by atoms with Gasteiger partial charge in [-0.05, 0) is 19.1 Å². The zero-order valence-electron chi connectivity index (χ0n) is 6.33. The molecule has 0 aromatic heterocycles. The van der Waals surface area contributed by atoms with Gasteiger partial charge in [0.1, 0.15) is 0 Å². The number of hydrogen-bond acceptors (Lipinski definition) is 2. The molecular weight excluding hydrogens is 138 g/mol. The highest BCUT2D eigenvalue weighted by Crippen LogP contribution is 2.03. The quantitative estimate of drug-likeness (QED) is 0.680. The lowest BCUT2D eigenvalue weighted by Gasteiger charge is -2.06. The van der Waals surface area contributed by atoms with E-state index < -0.39 is 6.10 Å². The summed E-state index contributed by atoms with van der Waals surface area (Å²) in [6.45, 7) is 3.94. The molecule has 0 aliphatic rings. The van der Waals surface area contributed by atoms with Gasteiger partial charge in [-0.2, -0.15) is 0 Å². The average molecular weight is 150 g/mol. The lowest BCUT2D eigenvalue weighted by atomic mass is 10.3. The number of nitrogens with one attached hydrogen (secondary N) is 1. The number of hydrogen-bond donors (Lipinski definition) is 2. The van der Waals surface area contributed by atoms with E-state index in [1.165, 1.54) is 0 Å². The lowest BCUT2D eigenvalue weighted by molar-refractivity contribution is 0.234. The lowest BCUT2D eigenvalue weighted by Crippen LogP contribution is -2.15. The molecule has 1 unspecified atom stereocenters. The minimum Gasteiger partial charge on any atom is -0.391 e. The zero-order valence-corrected chi connectivity index (χ0v) is 6.33. The van der Waals surface area contributed by atoms with Crippen LogP contribution in [0.5, 0.6) is 0 Å². The van der Waals surface area contributed by atoms with Gasteiger partial charge in [0.2, 0.25) is 0 Å². The number of aliphatic hydroxyl groups excluding tert-OH is 1. The molecule has 0 heterocycles. The van der Waals surface area contributed by atoms with Gasteiger partial charge in [0.05, 0.1) is 6.10 Å². The van der Waals surface area contributed by atoms with Crippen molar-refractivity contribution >= 4 is 5.69 Å². The molecule has 0 saturated heterocycles. The summed E-state index contributed by atoms with van der Waals surface area (Å²) in [5.41, 5.74) is 1.01. The molecule has 0 aliphatic heterocycles. The first kappa shape index (κ1) is 8.08. The van der Waals surface area contributed by atoms with Gasteiger partial charge < -0.3 is 10.4 Å². The summed E-state index contributed by atoms with van der Waals surface area (Å²) in [4.78, 5) is 0. The van der Waals surface area contributed by atoms with Gasteiger partial charge in [0, 0.05) is 12.2 Å². The van der Waals surface area contributed by atoms with Crippen LogP contribution in [0.25, 0.3) is 0 Å². The predicted molar refractivity (Wildman–Crippen MR) is 46.3 cm³/mol. The largest absolute Gasteiger partial charge is 0.391 e. The molecule has 2 N–H and O–H groups in total. The highest BCUT2D eigenvalue weighted by Gasteiger charge is 1.93. The van der Waals surface area contributed by atoms with Crippen LogP contribution in [-0.4, -0.2) is 17.8 Å². The smallest absolute Gasteiger partial charge is 0.0713 e. The Morgan fingerprint density at radius 1 is 1.36 bits per heavy atom. The van der Waals surface area contributed by atoms with Crippen molar-refractivity contribution in [3.63, 3.8) is 0 Å². The van der Waals surface area contributed by atoms with Crippen LogP contribution in [0.4, 0.5) is 5.69 Å². The SMILES string of the molecule is [CH2]C(O)CNc1ccccc1. The maximum atomic E-state index is 8.84. The summed E-state index contributed by atoms with van der Waals surface area (Å²) in [6.07, 6.45) is -0.546. The second-order valence-corrected chi connectivity index (χ2v) is 2.40. The standard InChI is InChI=1S/C9H12NO/c1-8(11)7-10-9-5-3-2-4-6-9/h2-6,8,10-11H,1,7H2. The van der Waals surface area contributed by atoms with Crippen molar-refractivity contribution in [1.82, 2.24) is 0 Å². The van der Waals surface area contributed by atoms with Crippen LogP contribution in [0.1, 0.15) is 0 Å². The maximum Gasteiger partial charge on any atom is 0.0713 e. The molecule has 1 radical (unpaired) electrons. The second-order valence-electron chi connectivity index (χ2n) is 2.40. The van der Waals surface area contributed by atoms with Crippen molar-refractivity contribution in [1.29, 1.82) is 0 Å². The Hall–Kier alpha value is -1.02. The topological polar surface area (TPSA) is 32.3 Å². The van der Waals surface area contributed by atoms with Crippen LogP contribution >= 0.6 is 0 Å². The van der Waals surface area contributed by atoms with Crippen molar-refractivity contribution in [2.75, 3.05) is 11.9 Å². The Bertz CT molecular complexity index is 196. The van der Waals surface area contributed by atoms with Gasteiger partial charge in [0.15, 0.2) is 0 Å². The minimum atomic E-state index is -0.546. The molecule has 0 fully saturated rings. The van der Waals surface area contributed by atoms with Crippen molar-refractivity contribution in [2.24, 2.45) is 0 Å². The summed E-state index contributed by atoms with van der Waals surface area (Å²) in [7, 11) is 0. The third-order valence-corrected chi connectivity index (χ3v) is 1.32. The molecule has 1 aromatic carbocycles. The number of rotatable bonds is 3. The fourth-order valence-corrected chi connectivity index (χ4v) is 0.792. The molecule has 2 nitrogen and oxygen atoms in total. The van der Waals surface area contributed by atoms with Crippen molar-refractivity contribution in [2.45, 2.75) is 6.10 Å². The van der Waals surface area contributed by atoms with E-state index in [9.17, 15) is 0 Å². The first-order valence-electron chi connectivity index (χ1n) is 3.59. The monoisotopic (exact) mass is 150 g/mol. The normalized spacial score (nSPS) is 12.5. The maximum absolute atomic E-state index is 8.84. The number of anilines is 1. The fourth-order valence-electron chi connectivity index (χ4n) is 0.792. The minimum absolute atomic E-state index is 0.490. The Balaban J connectivity index is 2.39. The summed E-state index contributed by atoms with van der Waals surface area (Å²) < 4.78 is 0. The molecule has 2 heteroatoms. The first-order valence-corrected chi connectivity index (χ1v) is 3.59. The molecule has 1 aromatic rings. The predicted octanol–water partition coefficient (Wildman–Crippen LogP) is 1.29. The Labute approximate surface area is 66.9 Å². The van der Waals surface area contributed by atoms with Crippen LogP contribution in [0.3, 0.4) is 0 Å². The molecule has 1 rings (SSSR count). The Kier molecular flexibility index (Phi) is 2.93.